The first-order valence-electron chi connectivity index (χ1n) is 9.17. The molecule has 0 spiro atoms. The molecule has 0 fully saturated rings. The van der Waals surface area contributed by atoms with Gasteiger partial charge in [0.05, 0.1) is 6.04 Å². The van der Waals surface area contributed by atoms with Crippen molar-refractivity contribution < 1.29 is 0 Å². The van der Waals surface area contributed by atoms with E-state index in [2.05, 4.69) is 78.1 Å². The van der Waals surface area contributed by atoms with Crippen molar-refractivity contribution in [2.45, 2.75) is 18.4 Å². The van der Waals surface area contributed by atoms with Crippen LogP contribution in [0.4, 0.5) is 5.69 Å². The molecule has 3 aromatic rings. The molecule has 0 radical (unpaired) electrons. The highest BCUT2D eigenvalue weighted by Gasteiger charge is 2.37. The normalized spacial score (nSPS) is 23.2. The first kappa shape index (κ1) is 15.7. The number of hydrogen-bond acceptors (Lipinski definition) is 1. The average Bonchev–Trinajstić information content (AvgIpc) is 3.19. The van der Waals surface area contributed by atoms with Crippen molar-refractivity contribution in [1.29, 1.82) is 0 Å². The Morgan fingerprint density at radius 2 is 1.65 bits per heavy atom. The van der Waals surface area contributed by atoms with Crippen molar-refractivity contribution in [1.82, 2.24) is 0 Å². The Morgan fingerprint density at radius 1 is 0.846 bits per heavy atom. The second-order valence-electron chi connectivity index (χ2n) is 7.20. The second kappa shape index (κ2) is 6.34. The Kier molecular flexibility index (Phi) is 3.83. The molecule has 1 nitrogen and oxygen atoms in total. The summed E-state index contributed by atoms with van der Waals surface area (Å²) < 4.78 is 0. The molecule has 1 heterocycles. The number of hydrogen-bond donors (Lipinski definition) is 1. The summed E-state index contributed by atoms with van der Waals surface area (Å²) in [5, 5.41) is 4.59. The number of nitrogens with one attached hydrogen (secondary N) is 1. The third-order valence-corrected chi connectivity index (χ3v) is 5.95. The first-order chi connectivity index (χ1) is 12.8. The van der Waals surface area contributed by atoms with E-state index in [0.717, 1.165) is 11.4 Å². The zero-order valence-electron chi connectivity index (χ0n) is 14.4. The Hall–Kier alpha value is -2.51. The second-order valence-corrected chi connectivity index (χ2v) is 7.63. The number of fused-ring (bicyclic) bond motifs is 3. The molecule has 2 heteroatoms. The van der Waals surface area contributed by atoms with Gasteiger partial charge in [0.1, 0.15) is 0 Å². The maximum atomic E-state index is 6.09. The zero-order valence-corrected chi connectivity index (χ0v) is 15.2. The molecule has 1 aliphatic heterocycles. The fraction of sp³-hybridized carbons (Fsp3) is 0.167. The summed E-state index contributed by atoms with van der Waals surface area (Å²) >= 11 is 6.09. The lowest BCUT2D eigenvalue weighted by atomic mass is 9.76. The highest BCUT2D eigenvalue weighted by Crippen LogP contribution is 2.50. The smallest absolute Gasteiger partial charge is 0.0553 e. The van der Waals surface area contributed by atoms with Crippen LogP contribution in [0.1, 0.15) is 29.5 Å². The minimum atomic E-state index is 0.322. The Bertz CT molecular complexity index is 959. The van der Waals surface area contributed by atoms with Crippen LogP contribution in [0, 0.1) is 5.92 Å². The van der Waals surface area contributed by atoms with Gasteiger partial charge in [-0.25, -0.2) is 0 Å². The summed E-state index contributed by atoms with van der Waals surface area (Å²) in [4.78, 5) is 0. The van der Waals surface area contributed by atoms with Crippen LogP contribution in [0.2, 0.25) is 5.02 Å². The van der Waals surface area contributed by atoms with Gasteiger partial charge in [-0.05, 0) is 58.9 Å². The third-order valence-electron chi connectivity index (χ3n) is 5.70. The zero-order chi connectivity index (χ0) is 17.5. The van der Waals surface area contributed by atoms with Crippen LogP contribution in [0.5, 0.6) is 0 Å². The van der Waals surface area contributed by atoms with E-state index in [9.17, 15) is 0 Å². The Balaban J connectivity index is 1.56. The van der Waals surface area contributed by atoms with Crippen LogP contribution in [0.3, 0.4) is 0 Å². The monoisotopic (exact) mass is 357 g/mol. The summed E-state index contributed by atoms with van der Waals surface area (Å²) in [5.41, 5.74) is 6.53. The van der Waals surface area contributed by atoms with E-state index in [0.29, 0.717) is 17.9 Å². The van der Waals surface area contributed by atoms with E-state index in [-0.39, 0.29) is 0 Å². The van der Waals surface area contributed by atoms with Gasteiger partial charge in [-0.3, -0.25) is 0 Å². The van der Waals surface area contributed by atoms with Crippen molar-refractivity contribution in [3.05, 3.63) is 101 Å². The largest absolute Gasteiger partial charge is 0.378 e. The van der Waals surface area contributed by atoms with Gasteiger partial charge in [-0.2, -0.15) is 0 Å². The molecule has 26 heavy (non-hydrogen) atoms. The average molecular weight is 358 g/mol. The molecule has 2 aliphatic rings. The van der Waals surface area contributed by atoms with Gasteiger partial charge in [-0.15, -0.1) is 0 Å². The molecule has 3 unspecified atom stereocenters. The van der Waals surface area contributed by atoms with Crippen molar-refractivity contribution in [2.24, 2.45) is 5.92 Å². The molecule has 0 bridgehead atoms. The van der Waals surface area contributed by atoms with E-state index in [1.165, 1.54) is 27.9 Å². The van der Waals surface area contributed by atoms with Gasteiger partial charge in [0.2, 0.25) is 0 Å². The third kappa shape index (κ3) is 2.64. The van der Waals surface area contributed by atoms with E-state index in [1.54, 1.807) is 0 Å². The molecule has 0 amide bonds. The van der Waals surface area contributed by atoms with E-state index in [4.69, 9.17) is 11.6 Å². The van der Waals surface area contributed by atoms with E-state index < -0.39 is 0 Å². The molecule has 0 saturated heterocycles. The van der Waals surface area contributed by atoms with Crippen molar-refractivity contribution in [2.75, 3.05) is 5.32 Å². The van der Waals surface area contributed by atoms with Crippen LogP contribution in [0.15, 0.2) is 84.9 Å². The number of halogens is 1. The molecule has 0 aromatic heterocycles. The number of rotatable bonds is 2. The van der Waals surface area contributed by atoms with Crippen LogP contribution in [-0.4, -0.2) is 0 Å². The van der Waals surface area contributed by atoms with Crippen LogP contribution < -0.4 is 5.32 Å². The molecular weight excluding hydrogens is 338 g/mol. The molecule has 3 aromatic carbocycles. The molecule has 1 N–H and O–H groups in total. The summed E-state index contributed by atoms with van der Waals surface area (Å²) in [7, 11) is 0. The van der Waals surface area contributed by atoms with Crippen molar-refractivity contribution in [3.8, 4) is 11.1 Å². The lowest BCUT2D eigenvalue weighted by molar-refractivity contribution is 0.425. The number of benzene rings is 3. The lowest BCUT2D eigenvalue weighted by Gasteiger charge is -2.37. The van der Waals surface area contributed by atoms with Crippen molar-refractivity contribution in [3.63, 3.8) is 0 Å². The Labute approximate surface area is 159 Å². The maximum absolute atomic E-state index is 6.09. The summed E-state index contributed by atoms with van der Waals surface area (Å²) in [6.45, 7) is 0. The molecule has 128 valence electrons. The SMILES string of the molecule is Clc1ccc(C2Nc3ccc(-c4ccccc4)cc3C3C=CCC32)cc1. The fourth-order valence-electron chi connectivity index (χ4n) is 4.40. The van der Waals surface area contributed by atoms with Crippen LogP contribution >= 0.6 is 11.6 Å². The topological polar surface area (TPSA) is 12.0 Å². The minimum absolute atomic E-state index is 0.322. The Morgan fingerprint density at radius 3 is 2.46 bits per heavy atom. The highest BCUT2D eigenvalue weighted by molar-refractivity contribution is 6.30. The van der Waals surface area contributed by atoms with E-state index in [1.807, 2.05) is 12.1 Å². The van der Waals surface area contributed by atoms with Gasteiger partial charge in [0.25, 0.3) is 0 Å². The minimum Gasteiger partial charge on any atom is -0.378 e. The number of anilines is 1. The van der Waals surface area contributed by atoms with Gasteiger partial charge in [-0.1, -0.05) is 72.3 Å². The quantitative estimate of drug-likeness (QED) is 0.495. The molecule has 3 atom stereocenters. The van der Waals surface area contributed by atoms with Crippen LogP contribution in [0.25, 0.3) is 11.1 Å². The lowest BCUT2D eigenvalue weighted by Crippen LogP contribution is -2.29. The van der Waals surface area contributed by atoms with Gasteiger partial charge in [0.15, 0.2) is 0 Å². The highest BCUT2D eigenvalue weighted by atomic mass is 35.5. The standard InChI is InChI=1S/C24H20ClN/c25-19-12-9-17(10-13-19)24-21-8-4-7-20(21)22-15-18(11-14-23(22)26-24)16-5-2-1-3-6-16/h1-7,9-15,20-21,24,26H,8H2. The molecule has 1 aliphatic carbocycles. The van der Waals surface area contributed by atoms with Crippen LogP contribution in [-0.2, 0) is 0 Å². The fourth-order valence-corrected chi connectivity index (χ4v) is 4.53. The summed E-state index contributed by atoms with van der Waals surface area (Å²) in [6, 6.07) is 26.0. The summed E-state index contributed by atoms with van der Waals surface area (Å²) in [6.07, 6.45) is 5.84. The predicted octanol–water partition coefficient (Wildman–Crippen LogP) is 6.83. The van der Waals surface area contributed by atoms with Gasteiger partial charge < -0.3 is 5.32 Å². The van der Waals surface area contributed by atoms with E-state index >= 15 is 0 Å². The predicted molar refractivity (Wildman–Crippen MR) is 110 cm³/mol. The molecular formula is C24H20ClN. The van der Waals surface area contributed by atoms with Crippen molar-refractivity contribution >= 4 is 17.3 Å². The number of allylic oxidation sites excluding steroid dienone is 2. The molecule has 0 saturated carbocycles. The van der Waals surface area contributed by atoms with Gasteiger partial charge in [0, 0.05) is 16.6 Å². The first-order valence-corrected chi connectivity index (χ1v) is 9.55. The molecule has 5 rings (SSSR count). The summed E-state index contributed by atoms with van der Waals surface area (Å²) in [5.74, 6) is 1.02. The van der Waals surface area contributed by atoms with Gasteiger partial charge >= 0.3 is 0 Å². The maximum Gasteiger partial charge on any atom is 0.0553 e.